The van der Waals surface area contributed by atoms with E-state index in [-0.39, 0.29) is 24.3 Å². The second kappa shape index (κ2) is 7.35. The number of nitrogens with one attached hydrogen (secondary N) is 3. The Hall–Kier alpha value is -2.11. The van der Waals surface area contributed by atoms with Crippen LogP contribution in [0.1, 0.15) is 30.6 Å². The second-order valence-electron chi connectivity index (χ2n) is 4.40. The average molecular weight is 264 g/mol. The van der Waals surface area contributed by atoms with E-state index < -0.39 is 0 Å². The van der Waals surface area contributed by atoms with Gasteiger partial charge in [-0.15, -0.1) is 0 Å². The van der Waals surface area contributed by atoms with Crippen molar-refractivity contribution in [1.29, 1.82) is 0 Å². The normalized spacial score (nSPS) is 10.1. The van der Waals surface area contributed by atoms with Crippen molar-refractivity contribution in [3.63, 3.8) is 0 Å². The van der Waals surface area contributed by atoms with Gasteiger partial charge in [0.05, 0.1) is 5.56 Å². The van der Waals surface area contributed by atoms with Gasteiger partial charge >= 0.3 is 0 Å². The van der Waals surface area contributed by atoms with Crippen molar-refractivity contribution < 1.29 is 9.59 Å². The van der Waals surface area contributed by atoms with Crippen LogP contribution in [0.5, 0.6) is 0 Å². The first-order valence-corrected chi connectivity index (χ1v) is 6.24. The molecule has 1 heterocycles. The number of hydrogen-bond donors (Lipinski definition) is 3. The van der Waals surface area contributed by atoms with Crippen LogP contribution < -0.4 is 16.0 Å². The van der Waals surface area contributed by atoms with Crippen LogP contribution in [0.25, 0.3) is 0 Å². The lowest BCUT2D eigenvalue weighted by atomic mass is 10.2. The summed E-state index contributed by atoms with van der Waals surface area (Å²) in [4.78, 5) is 27.2. The van der Waals surface area contributed by atoms with Crippen molar-refractivity contribution in [2.75, 3.05) is 18.9 Å². The van der Waals surface area contributed by atoms with E-state index in [1.54, 1.807) is 19.3 Å². The number of amides is 2. The minimum atomic E-state index is -0.241. The molecule has 0 aliphatic rings. The van der Waals surface area contributed by atoms with Crippen LogP contribution in [-0.4, -0.2) is 36.4 Å². The highest BCUT2D eigenvalue weighted by molar-refractivity contribution is 5.99. The van der Waals surface area contributed by atoms with E-state index in [9.17, 15) is 9.59 Å². The monoisotopic (exact) mass is 264 g/mol. The van der Waals surface area contributed by atoms with Crippen molar-refractivity contribution in [2.45, 2.75) is 26.3 Å². The van der Waals surface area contributed by atoms with E-state index in [1.807, 2.05) is 13.8 Å². The molecule has 0 aromatic carbocycles. The molecule has 6 heteroatoms. The van der Waals surface area contributed by atoms with Crippen molar-refractivity contribution in [3.8, 4) is 0 Å². The molecule has 1 rings (SSSR count). The fraction of sp³-hybridized carbons (Fsp3) is 0.462. The van der Waals surface area contributed by atoms with Crippen LogP contribution in [0.3, 0.4) is 0 Å². The van der Waals surface area contributed by atoms with Gasteiger partial charge in [-0.3, -0.25) is 14.6 Å². The lowest BCUT2D eigenvalue weighted by molar-refractivity contribution is -0.121. The summed E-state index contributed by atoms with van der Waals surface area (Å²) in [6.07, 6.45) is 3.37. The van der Waals surface area contributed by atoms with Gasteiger partial charge in [-0.1, -0.05) is 0 Å². The zero-order valence-electron chi connectivity index (χ0n) is 11.5. The molecule has 1 aromatic heterocycles. The number of rotatable bonds is 6. The lowest BCUT2D eigenvalue weighted by Gasteiger charge is -2.10. The Kier molecular flexibility index (Phi) is 5.78. The Morgan fingerprint density at radius 1 is 1.37 bits per heavy atom. The van der Waals surface area contributed by atoms with E-state index in [2.05, 4.69) is 20.9 Å². The SMILES string of the molecule is CNc1ccncc1C(=O)NCCC(=O)NC(C)C. The molecule has 3 N–H and O–H groups in total. The quantitative estimate of drug-likeness (QED) is 0.708. The highest BCUT2D eigenvalue weighted by Crippen LogP contribution is 2.11. The summed E-state index contributed by atoms with van der Waals surface area (Å²) in [5.74, 6) is -0.315. The average Bonchev–Trinajstić information content (AvgIpc) is 2.37. The van der Waals surface area contributed by atoms with Crippen molar-refractivity contribution in [3.05, 3.63) is 24.0 Å². The summed E-state index contributed by atoms with van der Waals surface area (Å²) in [7, 11) is 1.74. The highest BCUT2D eigenvalue weighted by Gasteiger charge is 2.11. The van der Waals surface area contributed by atoms with Gasteiger partial charge in [0.25, 0.3) is 5.91 Å². The van der Waals surface area contributed by atoms with Crippen molar-refractivity contribution >= 4 is 17.5 Å². The summed E-state index contributed by atoms with van der Waals surface area (Å²) >= 11 is 0. The number of carbonyl (C=O) groups is 2. The minimum absolute atomic E-state index is 0.0738. The van der Waals surface area contributed by atoms with Gasteiger partial charge in [0.15, 0.2) is 0 Å². The van der Waals surface area contributed by atoms with Gasteiger partial charge in [0, 0.05) is 44.1 Å². The molecule has 0 fully saturated rings. The Morgan fingerprint density at radius 3 is 2.74 bits per heavy atom. The first-order valence-electron chi connectivity index (χ1n) is 6.24. The van der Waals surface area contributed by atoms with Crippen molar-refractivity contribution in [2.24, 2.45) is 0 Å². The smallest absolute Gasteiger partial charge is 0.254 e. The first-order chi connectivity index (χ1) is 9.04. The van der Waals surface area contributed by atoms with Crippen LogP contribution in [0.4, 0.5) is 5.69 Å². The van der Waals surface area contributed by atoms with Gasteiger partial charge < -0.3 is 16.0 Å². The lowest BCUT2D eigenvalue weighted by Crippen LogP contribution is -2.34. The van der Waals surface area contributed by atoms with E-state index in [4.69, 9.17) is 0 Å². The van der Waals surface area contributed by atoms with Gasteiger partial charge in [-0.2, -0.15) is 0 Å². The number of nitrogens with zero attached hydrogens (tertiary/aromatic N) is 1. The third-order valence-electron chi connectivity index (χ3n) is 2.42. The zero-order chi connectivity index (χ0) is 14.3. The molecule has 0 saturated carbocycles. The molecular weight excluding hydrogens is 244 g/mol. The number of aromatic nitrogens is 1. The number of pyridine rings is 1. The molecule has 1 aromatic rings. The number of carbonyl (C=O) groups excluding carboxylic acids is 2. The van der Waals surface area contributed by atoms with Crippen molar-refractivity contribution in [1.82, 2.24) is 15.6 Å². The molecular formula is C13H20N4O2. The number of hydrogen-bond acceptors (Lipinski definition) is 4. The van der Waals surface area contributed by atoms with E-state index in [0.29, 0.717) is 17.8 Å². The van der Waals surface area contributed by atoms with E-state index >= 15 is 0 Å². The maximum absolute atomic E-state index is 11.9. The summed E-state index contributed by atoms with van der Waals surface area (Å²) in [6.45, 7) is 4.09. The topological polar surface area (TPSA) is 83.1 Å². The summed E-state index contributed by atoms with van der Waals surface area (Å²) in [6, 6.07) is 1.83. The van der Waals surface area contributed by atoms with E-state index in [1.165, 1.54) is 6.20 Å². The maximum atomic E-state index is 11.9. The molecule has 0 radical (unpaired) electrons. The molecule has 6 nitrogen and oxygen atoms in total. The largest absolute Gasteiger partial charge is 0.387 e. The highest BCUT2D eigenvalue weighted by atomic mass is 16.2. The molecule has 0 unspecified atom stereocenters. The molecule has 0 atom stereocenters. The van der Waals surface area contributed by atoms with Crippen LogP contribution in [-0.2, 0) is 4.79 Å². The van der Waals surface area contributed by atoms with Gasteiger partial charge in [0.2, 0.25) is 5.91 Å². The van der Waals surface area contributed by atoms with E-state index in [0.717, 1.165) is 0 Å². The first kappa shape index (κ1) is 14.9. The third kappa shape index (κ3) is 4.95. The Bertz CT molecular complexity index is 446. The van der Waals surface area contributed by atoms with Crippen LogP contribution in [0, 0.1) is 0 Å². The van der Waals surface area contributed by atoms with Gasteiger partial charge in [-0.25, -0.2) is 0 Å². The maximum Gasteiger partial charge on any atom is 0.254 e. The number of anilines is 1. The predicted molar refractivity (Wildman–Crippen MR) is 74.0 cm³/mol. The summed E-state index contributed by atoms with van der Waals surface area (Å²) in [5, 5.41) is 8.38. The summed E-state index contributed by atoms with van der Waals surface area (Å²) in [5.41, 5.74) is 1.17. The fourth-order valence-corrected chi connectivity index (χ4v) is 1.57. The Morgan fingerprint density at radius 2 is 2.11 bits per heavy atom. The third-order valence-corrected chi connectivity index (χ3v) is 2.42. The molecule has 104 valence electrons. The van der Waals surface area contributed by atoms with Gasteiger partial charge in [0.1, 0.15) is 0 Å². The molecule has 2 amide bonds. The standard InChI is InChI=1S/C13H20N4O2/c1-9(2)17-12(18)5-7-16-13(19)10-8-15-6-4-11(10)14-3/h4,6,8-9H,5,7H2,1-3H3,(H,14,15)(H,16,19)(H,17,18). The molecule has 0 saturated heterocycles. The Labute approximate surface area is 113 Å². The molecule has 0 spiro atoms. The molecule has 19 heavy (non-hydrogen) atoms. The second-order valence-corrected chi connectivity index (χ2v) is 4.40. The fourth-order valence-electron chi connectivity index (χ4n) is 1.57. The zero-order valence-corrected chi connectivity index (χ0v) is 11.5. The van der Waals surface area contributed by atoms with Gasteiger partial charge in [-0.05, 0) is 19.9 Å². The summed E-state index contributed by atoms with van der Waals surface area (Å²) < 4.78 is 0. The van der Waals surface area contributed by atoms with Crippen LogP contribution >= 0.6 is 0 Å². The molecule has 0 bridgehead atoms. The van der Waals surface area contributed by atoms with Crippen LogP contribution in [0.2, 0.25) is 0 Å². The molecule has 0 aliphatic carbocycles. The molecule has 0 aliphatic heterocycles. The van der Waals surface area contributed by atoms with Crippen LogP contribution in [0.15, 0.2) is 18.5 Å². The Balaban J connectivity index is 2.45. The predicted octanol–water partition coefficient (Wildman–Crippen LogP) is 0.768. The minimum Gasteiger partial charge on any atom is -0.387 e.